The van der Waals surface area contributed by atoms with E-state index in [-0.39, 0.29) is 11.8 Å². The van der Waals surface area contributed by atoms with Crippen molar-refractivity contribution in [2.75, 3.05) is 32.4 Å². The fourth-order valence-electron chi connectivity index (χ4n) is 2.90. The number of aliphatic hydroxyl groups is 1. The highest BCUT2D eigenvalue weighted by Crippen LogP contribution is 2.26. The summed E-state index contributed by atoms with van der Waals surface area (Å²) < 4.78 is 24.3. The van der Waals surface area contributed by atoms with Gasteiger partial charge in [0.05, 0.1) is 11.9 Å². The lowest BCUT2D eigenvalue weighted by Crippen LogP contribution is -2.49. The third-order valence-electron chi connectivity index (χ3n) is 4.42. The predicted octanol–water partition coefficient (Wildman–Crippen LogP) is 0.0314. The third-order valence-corrected chi connectivity index (χ3v) is 5.73. The molecule has 0 saturated carbocycles. The van der Waals surface area contributed by atoms with Gasteiger partial charge in [0.25, 0.3) is 0 Å². The number of likely N-dealkylation sites (tertiary alicyclic amines) is 1. The summed E-state index contributed by atoms with van der Waals surface area (Å²) >= 11 is 0. The smallest absolute Gasteiger partial charge is 0.225 e. The van der Waals surface area contributed by atoms with Crippen LogP contribution in [-0.4, -0.2) is 66.7 Å². The van der Waals surface area contributed by atoms with Gasteiger partial charge in [-0.2, -0.15) is 0 Å². The molecular weight excluding hydrogens is 280 g/mol. The Labute approximate surface area is 120 Å². The molecule has 0 aromatic heterocycles. The summed E-state index contributed by atoms with van der Waals surface area (Å²) in [6.45, 7) is 3.86. The van der Waals surface area contributed by atoms with Crippen LogP contribution < -0.4 is 0 Å². The highest BCUT2D eigenvalue weighted by atomic mass is 32.2. The first kappa shape index (κ1) is 15.7. The summed E-state index contributed by atoms with van der Waals surface area (Å²) in [7, 11) is -3.14. The molecule has 7 heteroatoms. The van der Waals surface area contributed by atoms with Crippen LogP contribution in [0, 0.1) is 5.92 Å². The summed E-state index contributed by atoms with van der Waals surface area (Å²) in [4.78, 5) is 14.2. The molecule has 2 rings (SSSR count). The molecule has 2 saturated heterocycles. The van der Waals surface area contributed by atoms with E-state index in [4.69, 9.17) is 0 Å². The first-order valence-corrected chi connectivity index (χ1v) is 9.00. The monoisotopic (exact) mass is 304 g/mol. The molecule has 0 aliphatic carbocycles. The zero-order valence-electron chi connectivity index (χ0n) is 12.2. The highest BCUT2D eigenvalue weighted by Gasteiger charge is 2.35. The van der Waals surface area contributed by atoms with E-state index in [0.29, 0.717) is 51.9 Å². The number of hydrogen-bond donors (Lipinski definition) is 1. The van der Waals surface area contributed by atoms with E-state index in [1.54, 1.807) is 6.92 Å². The van der Waals surface area contributed by atoms with E-state index >= 15 is 0 Å². The first-order chi connectivity index (χ1) is 9.19. The molecule has 1 N–H and O–H groups in total. The van der Waals surface area contributed by atoms with E-state index in [9.17, 15) is 18.3 Å². The molecule has 6 nitrogen and oxygen atoms in total. The SMILES string of the molecule is CC1(O)CCN(C(=O)C2CCN(S(C)(=O)=O)CC2)CC1. The molecule has 20 heavy (non-hydrogen) atoms. The molecule has 2 heterocycles. The summed E-state index contributed by atoms with van der Waals surface area (Å²) in [6, 6.07) is 0. The average Bonchev–Trinajstić information content (AvgIpc) is 2.37. The fraction of sp³-hybridized carbons (Fsp3) is 0.923. The Morgan fingerprint density at radius 3 is 2.10 bits per heavy atom. The molecule has 0 radical (unpaired) electrons. The lowest BCUT2D eigenvalue weighted by molar-refractivity contribution is -0.140. The minimum absolute atomic E-state index is 0.0731. The van der Waals surface area contributed by atoms with Gasteiger partial charge in [-0.15, -0.1) is 0 Å². The maximum Gasteiger partial charge on any atom is 0.225 e. The van der Waals surface area contributed by atoms with E-state index in [1.165, 1.54) is 10.6 Å². The van der Waals surface area contributed by atoms with Gasteiger partial charge in [0.15, 0.2) is 0 Å². The Balaban J connectivity index is 1.87. The van der Waals surface area contributed by atoms with Crippen LogP contribution in [0.5, 0.6) is 0 Å². The summed E-state index contributed by atoms with van der Waals surface area (Å²) in [5.74, 6) is 0.0460. The molecule has 2 fully saturated rings. The quantitative estimate of drug-likeness (QED) is 0.781. The summed E-state index contributed by atoms with van der Waals surface area (Å²) in [5.41, 5.74) is -0.656. The molecule has 0 bridgehead atoms. The number of hydrogen-bond acceptors (Lipinski definition) is 4. The highest BCUT2D eigenvalue weighted by molar-refractivity contribution is 7.88. The number of nitrogens with zero attached hydrogens (tertiary/aromatic N) is 2. The van der Waals surface area contributed by atoms with Crippen LogP contribution in [0.4, 0.5) is 0 Å². The van der Waals surface area contributed by atoms with Crippen LogP contribution in [0.15, 0.2) is 0 Å². The van der Waals surface area contributed by atoms with Crippen LogP contribution in [0.3, 0.4) is 0 Å². The van der Waals surface area contributed by atoms with Gasteiger partial charge >= 0.3 is 0 Å². The molecule has 2 aliphatic rings. The van der Waals surface area contributed by atoms with Crippen molar-refractivity contribution in [2.45, 2.75) is 38.2 Å². The van der Waals surface area contributed by atoms with E-state index in [0.717, 1.165) is 0 Å². The topological polar surface area (TPSA) is 77.9 Å². The lowest BCUT2D eigenvalue weighted by atomic mass is 9.91. The van der Waals surface area contributed by atoms with Crippen molar-refractivity contribution in [2.24, 2.45) is 5.92 Å². The van der Waals surface area contributed by atoms with Gasteiger partial charge in [-0.1, -0.05) is 0 Å². The first-order valence-electron chi connectivity index (χ1n) is 7.15. The van der Waals surface area contributed by atoms with E-state index in [2.05, 4.69) is 0 Å². The molecule has 0 atom stereocenters. The second-order valence-corrected chi connectivity index (χ2v) is 8.24. The Morgan fingerprint density at radius 1 is 1.15 bits per heavy atom. The lowest BCUT2D eigenvalue weighted by Gasteiger charge is -2.39. The van der Waals surface area contributed by atoms with Crippen LogP contribution >= 0.6 is 0 Å². The predicted molar refractivity (Wildman–Crippen MR) is 75.6 cm³/mol. The Bertz CT molecular complexity index is 457. The third kappa shape index (κ3) is 3.71. The zero-order chi connectivity index (χ0) is 15.0. The minimum Gasteiger partial charge on any atom is -0.390 e. The Kier molecular flexibility index (Phi) is 4.41. The van der Waals surface area contributed by atoms with Crippen LogP contribution in [0.25, 0.3) is 0 Å². The second-order valence-electron chi connectivity index (χ2n) is 6.26. The largest absolute Gasteiger partial charge is 0.390 e. The number of carbonyl (C=O) groups is 1. The molecule has 116 valence electrons. The van der Waals surface area contributed by atoms with Gasteiger partial charge in [-0.25, -0.2) is 12.7 Å². The van der Waals surface area contributed by atoms with Crippen molar-refractivity contribution >= 4 is 15.9 Å². The van der Waals surface area contributed by atoms with Crippen LogP contribution in [0.1, 0.15) is 32.6 Å². The molecule has 0 spiro atoms. The van der Waals surface area contributed by atoms with Crippen molar-refractivity contribution in [3.05, 3.63) is 0 Å². The molecule has 0 aromatic carbocycles. The number of rotatable bonds is 2. The molecular formula is C13H24N2O4S. The van der Waals surface area contributed by atoms with Crippen LogP contribution in [0.2, 0.25) is 0 Å². The van der Waals surface area contributed by atoms with Crippen molar-refractivity contribution in [3.63, 3.8) is 0 Å². The summed E-state index contributed by atoms with van der Waals surface area (Å²) in [6.07, 6.45) is 3.63. The van der Waals surface area contributed by atoms with Crippen molar-refractivity contribution in [1.29, 1.82) is 0 Å². The summed E-state index contributed by atoms with van der Waals surface area (Å²) in [5, 5.41) is 9.90. The molecule has 2 aliphatic heterocycles. The minimum atomic E-state index is -3.14. The van der Waals surface area contributed by atoms with Gasteiger partial charge in [0, 0.05) is 32.1 Å². The van der Waals surface area contributed by atoms with Crippen molar-refractivity contribution < 1.29 is 18.3 Å². The van der Waals surface area contributed by atoms with E-state index < -0.39 is 15.6 Å². The fourth-order valence-corrected chi connectivity index (χ4v) is 3.78. The second kappa shape index (κ2) is 5.61. The maximum atomic E-state index is 12.4. The molecule has 0 unspecified atom stereocenters. The Morgan fingerprint density at radius 2 is 1.65 bits per heavy atom. The zero-order valence-corrected chi connectivity index (χ0v) is 13.0. The normalized spacial score (nSPS) is 25.6. The number of sulfonamides is 1. The number of piperidine rings is 2. The average molecular weight is 304 g/mol. The van der Waals surface area contributed by atoms with E-state index in [1.807, 2.05) is 4.90 Å². The van der Waals surface area contributed by atoms with Crippen LogP contribution in [-0.2, 0) is 14.8 Å². The van der Waals surface area contributed by atoms with Gasteiger partial charge in [0.2, 0.25) is 15.9 Å². The molecule has 1 amide bonds. The number of carbonyl (C=O) groups excluding carboxylic acids is 1. The maximum absolute atomic E-state index is 12.4. The van der Waals surface area contributed by atoms with Gasteiger partial charge < -0.3 is 10.0 Å². The molecule has 0 aromatic rings. The van der Waals surface area contributed by atoms with Gasteiger partial charge in [0.1, 0.15) is 0 Å². The van der Waals surface area contributed by atoms with Crippen molar-refractivity contribution in [1.82, 2.24) is 9.21 Å². The van der Waals surface area contributed by atoms with Gasteiger partial charge in [-0.3, -0.25) is 4.79 Å². The van der Waals surface area contributed by atoms with Crippen molar-refractivity contribution in [3.8, 4) is 0 Å². The van der Waals surface area contributed by atoms with Gasteiger partial charge in [-0.05, 0) is 32.6 Å². The Hall–Kier alpha value is -0.660. The number of amides is 1. The standard InChI is InChI=1S/C13H24N2O4S/c1-13(17)5-9-14(10-6-13)12(16)11-3-7-15(8-4-11)20(2,18)19/h11,17H,3-10H2,1-2H3.